The number of thioether (sulfide) groups is 1. The van der Waals surface area contributed by atoms with Gasteiger partial charge in [-0.25, -0.2) is 9.78 Å². The van der Waals surface area contributed by atoms with Crippen LogP contribution in [-0.4, -0.2) is 94.4 Å². The van der Waals surface area contributed by atoms with Crippen LogP contribution in [0.4, 0.5) is 0 Å². The van der Waals surface area contributed by atoms with Crippen LogP contribution in [0.5, 0.6) is 0 Å². The fourth-order valence-corrected chi connectivity index (χ4v) is 5.54. The van der Waals surface area contributed by atoms with Gasteiger partial charge >= 0.3 is 5.97 Å². The second-order valence-corrected chi connectivity index (χ2v) is 9.85. The molecule has 2 N–H and O–H groups in total. The lowest BCUT2D eigenvalue weighted by Crippen LogP contribution is -2.53. The molecule has 2 aliphatic heterocycles. The normalized spacial score (nSPS) is 24.1. The fourth-order valence-electron chi connectivity index (χ4n) is 5.07. The summed E-state index contributed by atoms with van der Waals surface area (Å²) in [5.41, 5.74) is 0.746. The summed E-state index contributed by atoms with van der Waals surface area (Å²) >= 11 is 1.63. The third kappa shape index (κ3) is 6.50. The van der Waals surface area contributed by atoms with E-state index in [4.69, 9.17) is 4.74 Å². The molecule has 3 heterocycles. The first kappa shape index (κ1) is 25.6. The molecule has 0 unspecified atom stereocenters. The molecule has 1 aromatic heterocycles. The average Bonchev–Trinajstić information content (AvgIpc) is 3.57. The van der Waals surface area contributed by atoms with Gasteiger partial charge in [-0.1, -0.05) is 13.3 Å². The number of imidazole rings is 1. The van der Waals surface area contributed by atoms with Crippen molar-refractivity contribution >= 4 is 29.5 Å². The third-order valence-electron chi connectivity index (χ3n) is 6.92. The zero-order valence-corrected chi connectivity index (χ0v) is 20.7. The number of nitrogens with zero attached hydrogens (tertiary/aromatic N) is 3. The van der Waals surface area contributed by atoms with Crippen molar-refractivity contribution < 1.29 is 19.1 Å². The maximum atomic E-state index is 13.1. The van der Waals surface area contributed by atoms with Crippen LogP contribution in [0.1, 0.15) is 44.7 Å². The maximum absolute atomic E-state index is 13.1. The van der Waals surface area contributed by atoms with E-state index in [2.05, 4.69) is 27.1 Å². The SMILES string of the molecule is CC[C@H]1CCN(C(=O)Cc2c[nH]cn2)[C@@H]1CN1CCC[C@H]1C(=O)N[C@@H](CCSC)C(=O)OC. The van der Waals surface area contributed by atoms with Crippen molar-refractivity contribution in [2.75, 3.05) is 38.8 Å². The number of rotatable bonds is 11. The van der Waals surface area contributed by atoms with Crippen LogP contribution in [0, 0.1) is 5.92 Å². The minimum absolute atomic E-state index is 0.0859. The van der Waals surface area contributed by atoms with Gasteiger partial charge in [-0.2, -0.15) is 11.8 Å². The van der Waals surface area contributed by atoms with Crippen molar-refractivity contribution in [1.29, 1.82) is 0 Å². The topological polar surface area (TPSA) is 108 Å². The molecule has 2 saturated heterocycles. The second kappa shape index (κ2) is 12.4. The van der Waals surface area contributed by atoms with Gasteiger partial charge in [0.15, 0.2) is 0 Å². The van der Waals surface area contributed by atoms with Crippen LogP contribution >= 0.6 is 11.8 Å². The molecular formula is C23H37N5O4S. The van der Waals surface area contributed by atoms with Crippen LogP contribution in [0.25, 0.3) is 0 Å². The molecule has 0 bridgehead atoms. The number of carbonyl (C=O) groups is 3. The highest BCUT2D eigenvalue weighted by Gasteiger charge is 2.41. The fraction of sp³-hybridized carbons (Fsp3) is 0.739. The van der Waals surface area contributed by atoms with E-state index in [-0.39, 0.29) is 30.3 Å². The van der Waals surface area contributed by atoms with E-state index in [1.54, 1.807) is 24.3 Å². The summed E-state index contributed by atoms with van der Waals surface area (Å²) in [6.45, 7) is 4.41. The number of ether oxygens (including phenoxy) is 1. The Morgan fingerprint density at radius 2 is 2.15 bits per heavy atom. The number of aromatic nitrogens is 2. The summed E-state index contributed by atoms with van der Waals surface area (Å²) in [5.74, 6) is 0.748. The standard InChI is InChI=1S/C23H37N5O4S/c1-4-16-7-10-28(21(29)12-17-13-24-15-25-17)20(16)14-27-9-5-6-19(27)22(30)26-18(8-11-33-3)23(31)32-2/h13,15-16,18-20H,4-12,14H2,1-3H3,(H,24,25)(H,26,30)/t16-,18-,19-,20+/m0/s1. The van der Waals surface area contributed by atoms with Gasteiger partial charge in [0.2, 0.25) is 11.8 Å². The zero-order chi connectivity index (χ0) is 23.8. The van der Waals surface area contributed by atoms with Crippen LogP contribution < -0.4 is 5.32 Å². The van der Waals surface area contributed by atoms with Crippen molar-refractivity contribution in [3.8, 4) is 0 Å². The largest absolute Gasteiger partial charge is 0.467 e. The van der Waals surface area contributed by atoms with Gasteiger partial charge in [0.1, 0.15) is 6.04 Å². The molecular weight excluding hydrogens is 442 g/mol. The summed E-state index contributed by atoms with van der Waals surface area (Å²) < 4.78 is 4.89. The van der Waals surface area contributed by atoms with Gasteiger partial charge < -0.3 is 19.9 Å². The predicted molar refractivity (Wildman–Crippen MR) is 128 cm³/mol. The Morgan fingerprint density at radius 3 is 2.82 bits per heavy atom. The molecule has 2 amide bonds. The molecule has 2 fully saturated rings. The smallest absolute Gasteiger partial charge is 0.328 e. The van der Waals surface area contributed by atoms with Crippen LogP contribution in [0.2, 0.25) is 0 Å². The van der Waals surface area contributed by atoms with E-state index < -0.39 is 12.0 Å². The first-order valence-corrected chi connectivity index (χ1v) is 13.3. The number of methoxy groups -OCH3 is 1. The van der Waals surface area contributed by atoms with E-state index in [9.17, 15) is 14.4 Å². The Morgan fingerprint density at radius 1 is 1.33 bits per heavy atom. The monoisotopic (exact) mass is 479 g/mol. The number of H-pyrrole nitrogens is 1. The van der Waals surface area contributed by atoms with Crippen LogP contribution in [0.15, 0.2) is 12.5 Å². The average molecular weight is 480 g/mol. The predicted octanol–water partition coefficient (Wildman–Crippen LogP) is 1.45. The Hall–Kier alpha value is -2.07. The van der Waals surface area contributed by atoms with Crippen molar-refractivity contribution in [1.82, 2.24) is 25.1 Å². The summed E-state index contributed by atoms with van der Waals surface area (Å²) in [6.07, 6.45) is 9.82. The lowest BCUT2D eigenvalue weighted by molar-refractivity contribution is -0.145. The number of nitrogens with one attached hydrogen (secondary N) is 2. The van der Waals surface area contributed by atoms with E-state index in [0.29, 0.717) is 18.9 Å². The summed E-state index contributed by atoms with van der Waals surface area (Å²) in [5, 5.41) is 2.93. The van der Waals surface area contributed by atoms with E-state index >= 15 is 0 Å². The van der Waals surface area contributed by atoms with Gasteiger partial charge in [0.05, 0.1) is 31.6 Å². The lowest BCUT2D eigenvalue weighted by atomic mass is 9.96. The number of aromatic amines is 1. The van der Waals surface area contributed by atoms with Gasteiger partial charge in [-0.05, 0) is 50.2 Å². The van der Waals surface area contributed by atoms with Gasteiger partial charge in [-0.15, -0.1) is 0 Å². The van der Waals surface area contributed by atoms with Crippen LogP contribution in [-0.2, 0) is 25.5 Å². The molecule has 0 saturated carbocycles. The lowest BCUT2D eigenvalue weighted by Gasteiger charge is -2.34. The molecule has 33 heavy (non-hydrogen) atoms. The molecule has 1 aromatic rings. The molecule has 0 aliphatic carbocycles. The van der Waals surface area contributed by atoms with E-state index in [1.807, 2.05) is 11.2 Å². The first-order valence-electron chi connectivity index (χ1n) is 11.9. The maximum Gasteiger partial charge on any atom is 0.328 e. The summed E-state index contributed by atoms with van der Waals surface area (Å²) in [6, 6.07) is -0.824. The van der Waals surface area contributed by atoms with Crippen LogP contribution in [0.3, 0.4) is 0 Å². The molecule has 0 radical (unpaired) electrons. The summed E-state index contributed by atoms with van der Waals surface area (Å²) in [4.78, 5) is 49.6. The minimum atomic E-state index is -0.626. The molecule has 9 nitrogen and oxygen atoms in total. The Labute approximate surface area is 200 Å². The number of carbonyl (C=O) groups excluding carboxylic acids is 3. The van der Waals surface area contributed by atoms with Gasteiger partial charge in [0, 0.05) is 25.3 Å². The highest BCUT2D eigenvalue weighted by atomic mass is 32.2. The van der Waals surface area contributed by atoms with Crippen molar-refractivity contribution in [2.45, 2.75) is 63.6 Å². The van der Waals surface area contributed by atoms with Crippen molar-refractivity contribution in [3.63, 3.8) is 0 Å². The molecule has 4 atom stereocenters. The quantitative estimate of drug-likeness (QED) is 0.463. The molecule has 10 heteroatoms. The highest BCUT2D eigenvalue weighted by molar-refractivity contribution is 7.98. The number of likely N-dealkylation sites (tertiary alicyclic amines) is 2. The van der Waals surface area contributed by atoms with Gasteiger partial charge in [-0.3, -0.25) is 14.5 Å². The van der Waals surface area contributed by atoms with E-state index in [0.717, 1.165) is 50.2 Å². The molecule has 3 rings (SSSR count). The number of hydrogen-bond donors (Lipinski definition) is 2. The number of amides is 2. The second-order valence-electron chi connectivity index (χ2n) is 8.87. The number of hydrogen-bond acceptors (Lipinski definition) is 7. The van der Waals surface area contributed by atoms with Gasteiger partial charge in [0.25, 0.3) is 0 Å². The molecule has 0 aromatic carbocycles. The molecule has 2 aliphatic rings. The third-order valence-corrected chi connectivity index (χ3v) is 7.56. The Bertz CT molecular complexity index is 790. The zero-order valence-electron chi connectivity index (χ0n) is 19.9. The Kier molecular flexibility index (Phi) is 9.61. The molecule has 0 spiro atoms. The van der Waals surface area contributed by atoms with Crippen molar-refractivity contribution in [2.24, 2.45) is 5.92 Å². The van der Waals surface area contributed by atoms with E-state index in [1.165, 1.54) is 7.11 Å². The minimum Gasteiger partial charge on any atom is -0.467 e. The first-order chi connectivity index (χ1) is 16.0. The highest BCUT2D eigenvalue weighted by Crippen LogP contribution is 2.30. The molecule has 184 valence electrons. The Balaban J connectivity index is 1.65. The van der Waals surface area contributed by atoms with Crippen molar-refractivity contribution in [3.05, 3.63) is 18.2 Å². The summed E-state index contributed by atoms with van der Waals surface area (Å²) in [7, 11) is 1.35. The number of esters is 1.